The average Bonchev–Trinajstić information content (AvgIpc) is 2.62. The molecule has 3 rings (SSSR count). The topological polar surface area (TPSA) is 50.4 Å². The Hall–Kier alpha value is -1.88. The van der Waals surface area contributed by atoms with Gasteiger partial charge in [0.1, 0.15) is 0 Å². The molecule has 128 valence electrons. The van der Waals surface area contributed by atoms with Crippen LogP contribution in [0, 0.1) is 0 Å². The molecule has 5 heteroatoms. The van der Waals surface area contributed by atoms with E-state index < -0.39 is 0 Å². The van der Waals surface area contributed by atoms with Crippen LogP contribution in [0.3, 0.4) is 0 Å². The number of nitrogens with one attached hydrogen (secondary N) is 2. The summed E-state index contributed by atoms with van der Waals surface area (Å²) in [6.07, 6.45) is 0.460. The Labute approximate surface area is 149 Å². The van der Waals surface area contributed by atoms with E-state index in [-0.39, 0.29) is 24.4 Å². The van der Waals surface area contributed by atoms with Gasteiger partial charge < -0.3 is 15.4 Å². The Kier molecular flexibility index (Phi) is 7.25. The molecular formula is C19H23ClN2O2. The maximum Gasteiger partial charge on any atom is 0.221 e. The molecule has 24 heavy (non-hydrogen) atoms. The van der Waals surface area contributed by atoms with Crippen LogP contribution in [0.5, 0.6) is 0 Å². The lowest BCUT2D eigenvalue weighted by atomic mass is 10.0. The number of benzene rings is 2. The van der Waals surface area contributed by atoms with E-state index in [4.69, 9.17) is 4.74 Å². The van der Waals surface area contributed by atoms with E-state index in [0.29, 0.717) is 19.6 Å². The highest BCUT2D eigenvalue weighted by Gasteiger charge is 2.16. The Morgan fingerprint density at radius 1 is 1.08 bits per heavy atom. The van der Waals surface area contributed by atoms with Crippen molar-refractivity contribution in [1.29, 1.82) is 0 Å². The van der Waals surface area contributed by atoms with Gasteiger partial charge >= 0.3 is 0 Å². The first-order valence-corrected chi connectivity index (χ1v) is 8.03. The molecule has 0 bridgehead atoms. The summed E-state index contributed by atoms with van der Waals surface area (Å²) < 4.78 is 5.36. The first-order chi connectivity index (χ1) is 11.3. The molecule has 1 aliphatic heterocycles. The fourth-order valence-corrected chi connectivity index (χ4v) is 2.69. The monoisotopic (exact) mass is 346 g/mol. The molecule has 2 N–H and O–H groups in total. The maximum absolute atomic E-state index is 12.0. The smallest absolute Gasteiger partial charge is 0.221 e. The molecule has 2 aromatic carbocycles. The molecule has 1 saturated heterocycles. The van der Waals surface area contributed by atoms with Crippen molar-refractivity contribution in [2.75, 3.05) is 19.8 Å². The zero-order chi connectivity index (χ0) is 15.9. The van der Waals surface area contributed by atoms with E-state index in [1.165, 1.54) is 11.1 Å². The second-order valence-electron chi connectivity index (χ2n) is 5.77. The number of rotatable bonds is 5. The molecule has 0 saturated carbocycles. The van der Waals surface area contributed by atoms with Gasteiger partial charge in [-0.25, -0.2) is 0 Å². The third-order valence-electron chi connectivity index (χ3n) is 3.98. The van der Waals surface area contributed by atoms with E-state index in [1.54, 1.807) is 0 Å². The zero-order valence-corrected chi connectivity index (χ0v) is 14.4. The van der Waals surface area contributed by atoms with E-state index in [9.17, 15) is 4.79 Å². The predicted molar refractivity (Wildman–Crippen MR) is 98.2 cm³/mol. The van der Waals surface area contributed by atoms with Gasteiger partial charge in [0, 0.05) is 25.6 Å². The highest BCUT2D eigenvalue weighted by Crippen LogP contribution is 2.19. The van der Waals surface area contributed by atoms with Gasteiger partial charge in [-0.2, -0.15) is 0 Å². The summed E-state index contributed by atoms with van der Waals surface area (Å²) in [7, 11) is 0. The largest absolute Gasteiger partial charge is 0.378 e. The summed E-state index contributed by atoms with van der Waals surface area (Å²) >= 11 is 0. The molecule has 4 nitrogen and oxygen atoms in total. The highest BCUT2D eigenvalue weighted by atomic mass is 35.5. The summed E-state index contributed by atoms with van der Waals surface area (Å²) in [5, 5.41) is 6.26. The van der Waals surface area contributed by atoms with Gasteiger partial charge in [0.2, 0.25) is 5.91 Å². The standard InChI is InChI=1S/C19H22N2O2.ClH/c22-19(12-18-14-23-11-10-20-18)21-13-15-6-8-17(9-7-15)16-4-2-1-3-5-16;/h1-9,18,20H,10-14H2,(H,21,22);1H. The van der Waals surface area contributed by atoms with Gasteiger partial charge in [-0.1, -0.05) is 54.6 Å². The summed E-state index contributed by atoms with van der Waals surface area (Å²) in [6, 6.07) is 18.7. The molecule has 1 amide bonds. The minimum atomic E-state index is 0. The van der Waals surface area contributed by atoms with Gasteiger partial charge in [-0.15, -0.1) is 12.4 Å². The average molecular weight is 347 g/mol. The fourth-order valence-electron chi connectivity index (χ4n) is 2.69. The quantitative estimate of drug-likeness (QED) is 0.875. The lowest BCUT2D eigenvalue weighted by Crippen LogP contribution is -2.44. The number of carbonyl (C=O) groups excluding carboxylic acids is 1. The van der Waals surface area contributed by atoms with E-state index in [0.717, 1.165) is 18.7 Å². The molecule has 1 heterocycles. The van der Waals surface area contributed by atoms with E-state index in [1.807, 2.05) is 18.2 Å². The normalized spacial score (nSPS) is 16.9. The second kappa shape index (κ2) is 9.42. The summed E-state index contributed by atoms with van der Waals surface area (Å²) in [5.74, 6) is 0.0557. The molecule has 1 aliphatic rings. The van der Waals surface area contributed by atoms with E-state index in [2.05, 4.69) is 47.0 Å². The SMILES string of the molecule is Cl.O=C(CC1COCCN1)NCc1ccc(-c2ccccc2)cc1. The second-order valence-corrected chi connectivity index (χ2v) is 5.77. The molecule has 0 radical (unpaired) electrons. The molecule has 0 aliphatic carbocycles. The van der Waals surface area contributed by atoms with Crippen LogP contribution in [0.25, 0.3) is 11.1 Å². The number of amides is 1. The summed E-state index contributed by atoms with van der Waals surface area (Å²) in [5.41, 5.74) is 3.49. The van der Waals surface area contributed by atoms with Crippen molar-refractivity contribution in [3.05, 3.63) is 60.2 Å². The lowest BCUT2D eigenvalue weighted by molar-refractivity contribution is -0.122. The van der Waals surface area contributed by atoms with Crippen LogP contribution in [0.4, 0.5) is 0 Å². The molecular weight excluding hydrogens is 324 g/mol. The number of ether oxygens (including phenoxy) is 1. The van der Waals surface area contributed by atoms with Crippen LogP contribution in [0.1, 0.15) is 12.0 Å². The van der Waals surface area contributed by atoms with Crippen LogP contribution in [0.2, 0.25) is 0 Å². The summed E-state index contributed by atoms with van der Waals surface area (Å²) in [6.45, 7) is 2.71. The van der Waals surface area contributed by atoms with Gasteiger partial charge in [-0.3, -0.25) is 4.79 Å². The van der Waals surface area contributed by atoms with Crippen molar-refractivity contribution in [3.8, 4) is 11.1 Å². The first-order valence-electron chi connectivity index (χ1n) is 8.03. The van der Waals surface area contributed by atoms with Gasteiger partial charge in [0.05, 0.1) is 13.2 Å². The molecule has 1 fully saturated rings. The van der Waals surface area contributed by atoms with Crippen molar-refractivity contribution >= 4 is 18.3 Å². The Bertz CT molecular complexity index is 626. The minimum absolute atomic E-state index is 0. The number of hydrogen-bond acceptors (Lipinski definition) is 3. The van der Waals surface area contributed by atoms with Crippen molar-refractivity contribution < 1.29 is 9.53 Å². The third kappa shape index (κ3) is 5.34. The number of morpholine rings is 1. The van der Waals surface area contributed by atoms with Crippen molar-refractivity contribution in [2.24, 2.45) is 0 Å². The molecule has 0 spiro atoms. The predicted octanol–water partition coefficient (Wildman–Crippen LogP) is 2.77. The maximum atomic E-state index is 12.0. The van der Waals surface area contributed by atoms with Crippen LogP contribution in [-0.2, 0) is 16.1 Å². The van der Waals surface area contributed by atoms with Gasteiger partial charge in [0.25, 0.3) is 0 Å². The first kappa shape index (κ1) is 18.5. The van der Waals surface area contributed by atoms with E-state index >= 15 is 0 Å². The Morgan fingerprint density at radius 2 is 1.79 bits per heavy atom. The highest BCUT2D eigenvalue weighted by molar-refractivity contribution is 5.85. The summed E-state index contributed by atoms with van der Waals surface area (Å²) in [4.78, 5) is 12.0. The van der Waals surface area contributed by atoms with Crippen LogP contribution >= 0.6 is 12.4 Å². The number of hydrogen-bond donors (Lipinski definition) is 2. The fraction of sp³-hybridized carbons (Fsp3) is 0.316. The lowest BCUT2D eigenvalue weighted by Gasteiger charge is -2.23. The van der Waals surface area contributed by atoms with Crippen LogP contribution < -0.4 is 10.6 Å². The van der Waals surface area contributed by atoms with Crippen LogP contribution in [0.15, 0.2) is 54.6 Å². The van der Waals surface area contributed by atoms with Gasteiger partial charge in [-0.05, 0) is 16.7 Å². The molecule has 2 aromatic rings. The number of halogens is 1. The Balaban J connectivity index is 0.00000208. The van der Waals surface area contributed by atoms with Crippen molar-refractivity contribution in [3.63, 3.8) is 0 Å². The third-order valence-corrected chi connectivity index (χ3v) is 3.98. The Morgan fingerprint density at radius 3 is 2.46 bits per heavy atom. The zero-order valence-electron chi connectivity index (χ0n) is 13.5. The molecule has 1 atom stereocenters. The van der Waals surface area contributed by atoms with Crippen molar-refractivity contribution in [2.45, 2.75) is 19.0 Å². The van der Waals surface area contributed by atoms with Crippen LogP contribution in [-0.4, -0.2) is 31.7 Å². The number of carbonyl (C=O) groups is 1. The minimum Gasteiger partial charge on any atom is -0.378 e. The van der Waals surface area contributed by atoms with Gasteiger partial charge in [0.15, 0.2) is 0 Å². The molecule has 0 aromatic heterocycles. The molecule has 1 unspecified atom stereocenters. The van der Waals surface area contributed by atoms with Crippen molar-refractivity contribution in [1.82, 2.24) is 10.6 Å².